The van der Waals surface area contributed by atoms with Crippen molar-refractivity contribution in [2.45, 2.75) is 0 Å². The van der Waals surface area contributed by atoms with Crippen molar-refractivity contribution in [3.63, 3.8) is 0 Å². The second kappa shape index (κ2) is 7.90. The summed E-state index contributed by atoms with van der Waals surface area (Å²) in [6, 6.07) is 0. The summed E-state index contributed by atoms with van der Waals surface area (Å²) in [5.74, 6) is 0. The average Bonchev–Trinajstić information content (AvgIpc) is 2.67. The van der Waals surface area contributed by atoms with E-state index >= 15 is 0 Å². The molecule has 2 aliphatic rings. The van der Waals surface area contributed by atoms with Gasteiger partial charge in [-0.3, -0.25) is 0 Å². The monoisotopic (exact) mass is 166 g/mol. The summed E-state index contributed by atoms with van der Waals surface area (Å²) in [4.78, 5) is 0. The van der Waals surface area contributed by atoms with Crippen molar-refractivity contribution in [1.29, 1.82) is 0 Å². The second-order valence-corrected chi connectivity index (χ2v) is 1.87. The summed E-state index contributed by atoms with van der Waals surface area (Å²) in [5, 5.41) is 0. The zero-order valence-corrected chi connectivity index (χ0v) is 6.38. The van der Waals surface area contributed by atoms with Crippen molar-refractivity contribution < 1.29 is 24.4 Å². The molecule has 2 saturated heterocycles. The molecule has 2 heterocycles. The predicted octanol–water partition coefficient (Wildman–Crippen LogP) is -0.843. The van der Waals surface area contributed by atoms with E-state index in [2.05, 4.69) is 0 Å². The Morgan fingerprint density at radius 3 is 0.909 bits per heavy atom. The molecule has 0 aromatic heterocycles. The Morgan fingerprint density at radius 2 is 0.818 bits per heavy atom. The van der Waals surface area contributed by atoms with Gasteiger partial charge in [-0.25, -0.2) is 0 Å². The Labute approximate surface area is 65.5 Å². The predicted molar refractivity (Wildman–Crippen MR) is 37.2 cm³/mol. The minimum Gasteiger partial charge on any atom is -0.412 e. The van der Waals surface area contributed by atoms with E-state index in [4.69, 9.17) is 18.9 Å². The van der Waals surface area contributed by atoms with Crippen molar-refractivity contribution in [3.8, 4) is 0 Å². The molecule has 2 aliphatic heterocycles. The van der Waals surface area contributed by atoms with E-state index in [-0.39, 0.29) is 5.48 Å². The van der Waals surface area contributed by atoms with E-state index < -0.39 is 0 Å². The Hall–Kier alpha value is -0.200. The molecule has 0 radical (unpaired) electrons. The fourth-order valence-corrected chi connectivity index (χ4v) is 0.589. The van der Waals surface area contributed by atoms with E-state index in [1.807, 2.05) is 0 Å². The van der Waals surface area contributed by atoms with Gasteiger partial charge in [0.15, 0.2) is 0 Å². The van der Waals surface area contributed by atoms with E-state index in [1.165, 1.54) is 0 Å². The van der Waals surface area contributed by atoms with Crippen LogP contribution in [0.4, 0.5) is 0 Å². The minimum atomic E-state index is 0. The molecule has 11 heavy (non-hydrogen) atoms. The van der Waals surface area contributed by atoms with Crippen LogP contribution >= 0.6 is 0 Å². The quantitative estimate of drug-likeness (QED) is 0.470. The van der Waals surface area contributed by atoms with Crippen LogP contribution in [0.25, 0.3) is 0 Å². The highest BCUT2D eigenvalue weighted by Crippen LogP contribution is 1.86. The molecule has 0 spiro atoms. The smallest absolute Gasteiger partial charge is 0.146 e. The largest absolute Gasteiger partial charge is 0.412 e. The molecule has 68 valence electrons. The van der Waals surface area contributed by atoms with Crippen molar-refractivity contribution in [3.05, 3.63) is 0 Å². The molecule has 0 unspecified atom stereocenters. The van der Waals surface area contributed by atoms with E-state index in [1.54, 1.807) is 0 Å². The lowest BCUT2D eigenvalue weighted by Crippen LogP contribution is -1.79. The van der Waals surface area contributed by atoms with Gasteiger partial charge >= 0.3 is 0 Å². The molecule has 0 bridgehead atoms. The molecule has 0 aliphatic carbocycles. The first-order chi connectivity index (χ1) is 5.00. The summed E-state index contributed by atoms with van der Waals surface area (Å²) in [7, 11) is 0. The summed E-state index contributed by atoms with van der Waals surface area (Å²) >= 11 is 0. The lowest BCUT2D eigenvalue weighted by molar-refractivity contribution is 0.0690. The van der Waals surface area contributed by atoms with Crippen molar-refractivity contribution in [1.82, 2.24) is 0 Å². The van der Waals surface area contributed by atoms with Gasteiger partial charge in [-0.05, 0) is 0 Å². The van der Waals surface area contributed by atoms with Crippen LogP contribution in [0.2, 0.25) is 0 Å². The molecule has 2 rings (SSSR count). The highest BCUT2D eigenvalue weighted by molar-refractivity contribution is 4.29. The molecule has 0 atom stereocenters. The van der Waals surface area contributed by atoms with Gasteiger partial charge in [0.1, 0.15) is 13.6 Å². The third kappa shape index (κ3) is 6.21. The van der Waals surface area contributed by atoms with Gasteiger partial charge in [-0.1, -0.05) is 0 Å². The van der Waals surface area contributed by atoms with Crippen LogP contribution in [0.1, 0.15) is 0 Å². The number of ether oxygens (including phenoxy) is 4. The Kier molecular flexibility index (Phi) is 7.76. The highest BCUT2D eigenvalue weighted by atomic mass is 16.7. The average molecular weight is 166 g/mol. The van der Waals surface area contributed by atoms with Gasteiger partial charge in [0.25, 0.3) is 0 Å². The molecular formula is C6H14O5. The fourth-order valence-electron chi connectivity index (χ4n) is 0.589. The maximum Gasteiger partial charge on any atom is 0.146 e. The Morgan fingerprint density at radius 1 is 0.545 bits per heavy atom. The number of rotatable bonds is 0. The van der Waals surface area contributed by atoms with Crippen LogP contribution in [0.3, 0.4) is 0 Å². The van der Waals surface area contributed by atoms with Crippen molar-refractivity contribution in [2.24, 2.45) is 0 Å². The summed E-state index contributed by atoms with van der Waals surface area (Å²) in [5.41, 5.74) is 0. The molecule has 2 fully saturated rings. The van der Waals surface area contributed by atoms with Gasteiger partial charge in [-0.15, -0.1) is 0 Å². The Bertz CT molecular complexity index is 44.2. The van der Waals surface area contributed by atoms with Crippen LogP contribution in [-0.2, 0) is 18.9 Å². The van der Waals surface area contributed by atoms with E-state index in [9.17, 15) is 0 Å². The van der Waals surface area contributed by atoms with Gasteiger partial charge in [0.2, 0.25) is 0 Å². The van der Waals surface area contributed by atoms with Gasteiger partial charge in [0, 0.05) is 0 Å². The Balaban J connectivity index is 0.000000167. The number of hydrogen-bond acceptors (Lipinski definition) is 4. The summed E-state index contributed by atoms with van der Waals surface area (Å²) in [6.07, 6.45) is 0. The topological polar surface area (TPSA) is 68.4 Å². The molecule has 5 nitrogen and oxygen atoms in total. The fraction of sp³-hybridized carbons (Fsp3) is 1.00. The minimum absolute atomic E-state index is 0. The van der Waals surface area contributed by atoms with Crippen LogP contribution in [0.5, 0.6) is 0 Å². The van der Waals surface area contributed by atoms with Gasteiger partial charge in [0.05, 0.1) is 26.4 Å². The van der Waals surface area contributed by atoms with Crippen LogP contribution < -0.4 is 0 Å². The van der Waals surface area contributed by atoms with Crippen molar-refractivity contribution in [2.75, 3.05) is 40.0 Å². The lowest BCUT2D eigenvalue weighted by Gasteiger charge is -1.76. The molecule has 0 aromatic rings. The molecule has 0 saturated carbocycles. The summed E-state index contributed by atoms with van der Waals surface area (Å²) < 4.78 is 18.9. The van der Waals surface area contributed by atoms with E-state index in [0.717, 1.165) is 26.4 Å². The van der Waals surface area contributed by atoms with Crippen LogP contribution in [-0.4, -0.2) is 45.5 Å². The SMILES string of the molecule is C1COCO1.C1COCO1.O. The van der Waals surface area contributed by atoms with Crippen molar-refractivity contribution >= 4 is 0 Å². The first-order valence-electron chi connectivity index (χ1n) is 3.31. The maximum atomic E-state index is 4.72. The third-order valence-corrected chi connectivity index (χ3v) is 1.08. The molecule has 0 amide bonds. The number of hydrogen-bond donors (Lipinski definition) is 0. The zero-order valence-electron chi connectivity index (χ0n) is 6.38. The van der Waals surface area contributed by atoms with Gasteiger partial charge in [-0.2, -0.15) is 0 Å². The molecule has 0 aromatic carbocycles. The van der Waals surface area contributed by atoms with Crippen LogP contribution in [0.15, 0.2) is 0 Å². The third-order valence-electron chi connectivity index (χ3n) is 1.08. The molecular weight excluding hydrogens is 152 g/mol. The van der Waals surface area contributed by atoms with E-state index in [0.29, 0.717) is 13.6 Å². The zero-order chi connectivity index (χ0) is 7.07. The summed E-state index contributed by atoms with van der Waals surface area (Å²) in [6.45, 7) is 4.11. The lowest BCUT2D eigenvalue weighted by atomic mass is 10.8. The first-order valence-corrected chi connectivity index (χ1v) is 3.31. The van der Waals surface area contributed by atoms with Crippen LogP contribution in [0, 0.1) is 0 Å². The molecule has 5 heteroatoms. The highest BCUT2D eigenvalue weighted by Gasteiger charge is 1.94. The standard InChI is InChI=1S/2C3H6O2.H2O/c2*1-2-5-3-4-1;/h2*1-3H2;1H2. The molecule has 2 N–H and O–H groups in total. The maximum absolute atomic E-state index is 4.72. The first kappa shape index (κ1) is 10.8. The van der Waals surface area contributed by atoms with Gasteiger partial charge < -0.3 is 24.4 Å². The second-order valence-electron chi connectivity index (χ2n) is 1.87. The normalized spacial score (nSPS) is 21.8.